The highest BCUT2D eigenvalue weighted by atomic mass is 16.4. The molecule has 2 atom stereocenters. The predicted octanol–water partition coefficient (Wildman–Crippen LogP) is 2.43. The summed E-state index contributed by atoms with van der Waals surface area (Å²) in [7, 11) is 0. The summed E-state index contributed by atoms with van der Waals surface area (Å²) >= 11 is 0. The molecule has 0 aliphatic carbocycles. The van der Waals surface area contributed by atoms with Crippen LogP contribution in [-0.4, -0.2) is 29.7 Å². The number of rotatable bonds is 7. The van der Waals surface area contributed by atoms with E-state index in [4.69, 9.17) is 0 Å². The SMILES string of the molecule is CCCC(NC(C)Cc1ccc2c(c1)CCN2)C(=O)O. The summed E-state index contributed by atoms with van der Waals surface area (Å²) in [6.45, 7) is 5.08. The number of hydrogen-bond acceptors (Lipinski definition) is 3. The average molecular weight is 276 g/mol. The second-order valence-corrected chi connectivity index (χ2v) is 5.62. The standard InChI is InChI=1S/C16H24N2O2/c1-3-4-15(16(19)20)18-11(2)9-12-5-6-14-13(10-12)7-8-17-14/h5-6,10-11,15,17-18H,3-4,7-9H2,1-2H3,(H,19,20). The van der Waals surface area contributed by atoms with Gasteiger partial charge in [-0.25, -0.2) is 0 Å². The van der Waals surface area contributed by atoms with Crippen LogP contribution in [0.5, 0.6) is 0 Å². The highest BCUT2D eigenvalue weighted by molar-refractivity contribution is 5.73. The van der Waals surface area contributed by atoms with E-state index in [0.29, 0.717) is 6.42 Å². The van der Waals surface area contributed by atoms with Gasteiger partial charge >= 0.3 is 5.97 Å². The number of nitrogens with one attached hydrogen (secondary N) is 2. The van der Waals surface area contributed by atoms with E-state index in [1.54, 1.807) is 0 Å². The number of aliphatic carboxylic acids is 1. The Labute approximate surface area is 120 Å². The number of fused-ring (bicyclic) bond motifs is 1. The van der Waals surface area contributed by atoms with Gasteiger partial charge in [0.25, 0.3) is 0 Å². The molecule has 0 radical (unpaired) electrons. The van der Waals surface area contributed by atoms with Gasteiger partial charge in [-0.2, -0.15) is 0 Å². The number of carboxylic acids is 1. The zero-order valence-electron chi connectivity index (χ0n) is 12.3. The molecule has 4 heteroatoms. The summed E-state index contributed by atoms with van der Waals surface area (Å²) in [6.07, 6.45) is 3.49. The third-order valence-electron chi connectivity index (χ3n) is 3.78. The molecule has 0 bridgehead atoms. The smallest absolute Gasteiger partial charge is 0.320 e. The lowest BCUT2D eigenvalue weighted by molar-refractivity contribution is -0.139. The topological polar surface area (TPSA) is 61.4 Å². The number of benzene rings is 1. The van der Waals surface area contributed by atoms with Crippen LogP contribution < -0.4 is 10.6 Å². The van der Waals surface area contributed by atoms with Crippen LogP contribution in [0.15, 0.2) is 18.2 Å². The van der Waals surface area contributed by atoms with Gasteiger partial charge in [-0.05, 0) is 43.4 Å². The van der Waals surface area contributed by atoms with Gasteiger partial charge < -0.3 is 15.7 Å². The van der Waals surface area contributed by atoms with Crippen LogP contribution in [0.1, 0.15) is 37.8 Å². The van der Waals surface area contributed by atoms with Crippen molar-refractivity contribution in [3.05, 3.63) is 29.3 Å². The molecule has 0 saturated heterocycles. The molecule has 110 valence electrons. The Hall–Kier alpha value is -1.55. The number of hydrogen-bond donors (Lipinski definition) is 3. The normalized spacial score (nSPS) is 16.3. The molecule has 1 aliphatic heterocycles. The minimum absolute atomic E-state index is 0.162. The largest absolute Gasteiger partial charge is 0.480 e. The van der Waals surface area contributed by atoms with Crippen LogP contribution >= 0.6 is 0 Å². The second kappa shape index (κ2) is 6.75. The monoisotopic (exact) mass is 276 g/mol. The van der Waals surface area contributed by atoms with Gasteiger partial charge in [-0.3, -0.25) is 4.79 Å². The first-order valence-corrected chi connectivity index (χ1v) is 7.44. The van der Waals surface area contributed by atoms with E-state index in [-0.39, 0.29) is 6.04 Å². The molecule has 0 spiro atoms. The van der Waals surface area contributed by atoms with E-state index in [1.807, 2.05) is 6.92 Å². The van der Waals surface area contributed by atoms with Crippen molar-refractivity contribution in [2.24, 2.45) is 0 Å². The number of carboxylic acid groups (broad SMARTS) is 1. The lowest BCUT2D eigenvalue weighted by Crippen LogP contribution is -2.42. The lowest BCUT2D eigenvalue weighted by atomic mass is 10.0. The van der Waals surface area contributed by atoms with Gasteiger partial charge in [0, 0.05) is 18.3 Å². The first kappa shape index (κ1) is 14.9. The molecule has 0 saturated carbocycles. The minimum atomic E-state index is -0.753. The number of anilines is 1. The van der Waals surface area contributed by atoms with Crippen LogP contribution in [0.4, 0.5) is 5.69 Å². The maximum atomic E-state index is 11.2. The van der Waals surface area contributed by atoms with E-state index in [0.717, 1.165) is 25.8 Å². The first-order valence-electron chi connectivity index (χ1n) is 7.44. The molecular formula is C16H24N2O2. The fourth-order valence-electron chi connectivity index (χ4n) is 2.81. The zero-order valence-corrected chi connectivity index (χ0v) is 12.3. The van der Waals surface area contributed by atoms with E-state index >= 15 is 0 Å². The van der Waals surface area contributed by atoms with Gasteiger partial charge in [-0.15, -0.1) is 0 Å². The average Bonchev–Trinajstić information content (AvgIpc) is 2.85. The van der Waals surface area contributed by atoms with Gasteiger partial charge in [0.2, 0.25) is 0 Å². The molecule has 1 aliphatic rings. The van der Waals surface area contributed by atoms with Crippen LogP contribution in [0.2, 0.25) is 0 Å². The Morgan fingerprint density at radius 1 is 1.50 bits per heavy atom. The van der Waals surface area contributed by atoms with Crippen molar-refractivity contribution >= 4 is 11.7 Å². The van der Waals surface area contributed by atoms with E-state index in [1.165, 1.54) is 16.8 Å². The Balaban J connectivity index is 1.93. The van der Waals surface area contributed by atoms with E-state index in [2.05, 4.69) is 35.8 Å². The molecular weight excluding hydrogens is 252 g/mol. The van der Waals surface area contributed by atoms with E-state index < -0.39 is 12.0 Å². The summed E-state index contributed by atoms with van der Waals surface area (Å²) in [6, 6.07) is 6.22. The quantitative estimate of drug-likeness (QED) is 0.716. The molecule has 1 aromatic carbocycles. The Kier molecular flexibility index (Phi) is 5.01. The van der Waals surface area contributed by atoms with E-state index in [9.17, 15) is 9.90 Å². The van der Waals surface area contributed by atoms with Crippen molar-refractivity contribution in [1.82, 2.24) is 5.32 Å². The van der Waals surface area contributed by atoms with Crippen LogP contribution in [0.25, 0.3) is 0 Å². The maximum Gasteiger partial charge on any atom is 0.320 e. The molecule has 4 nitrogen and oxygen atoms in total. The summed E-state index contributed by atoms with van der Waals surface area (Å²) < 4.78 is 0. The van der Waals surface area contributed by atoms with Gasteiger partial charge in [0.1, 0.15) is 6.04 Å². The number of carbonyl (C=O) groups is 1. The second-order valence-electron chi connectivity index (χ2n) is 5.62. The summed E-state index contributed by atoms with van der Waals surface area (Å²) in [5.41, 5.74) is 3.88. The van der Waals surface area contributed by atoms with Crippen molar-refractivity contribution in [1.29, 1.82) is 0 Å². The molecule has 1 aromatic rings. The zero-order chi connectivity index (χ0) is 14.5. The highest BCUT2D eigenvalue weighted by Crippen LogP contribution is 2.23. The predicted molar refractivity (Wildman–Crippen MR) is 81.3 cm³/mol. The van der Waals surface area contributed by atoms with Gasteiger partial charge in [-0.1, -0.05) is 25.5 Å². The fourth-order valence-corrected chi connectivity index (χ4v) is 2.81. The van der Waals surface area contributed by atoms with Crippen LogP contribution in [0.3, 0.4) is 0 Å². The maximum absolute atomic E-state index is 11.2. The minimum Gasteiger partial charge on any atom is -0.480 e. The Morgan fingerprint density at radius 3 is 3.00 bits per heavy atom. The van der Waals surface area contributed by atoms with Gasteiger partial charge in [0.15, 0.2) is 0 Å². The van der Waals surface area contributed by atoms with Crippen molar-refractivity contribution < 1.29 is 9.90 Å². The molecule has 3 N–H and O–H groups in total. The fraction of sp³-hybridized carbons (Fsp3) is 0.562. The molecule has 20 heavy (non-hydrogen) atoms. The highest BCUT2D eigenvalue weighted by Gasteiger charge is 2.19. The van der Waals surface area contributed by atoms with Crippen LogP contribution in [-0.2, 0) is 17.6 Å². The van der Waals surface area contributed by atoms with Crippen molar-refractivity contribution in [3.8, 4) is 0 Å². The van der Waals surface area contributed by atoms with Crippen molar-refractivity contribution in [3.63, 3.8) is 0 Å². The Bertz CT molecular complexity index is 474. The molecule has 0 aromatic heterocycles. The summed E-state index contributed by atoms with van der Waals surface area (Å²) in [4.78, 5) is 11.2. The Morgan fingerprint density at radius 2 is 2.30 bits per heavy atom. The third-order valence-corrected chi connectivity index (χ3v) is 3.78. The molecule has 1 heterocycles. The molecule has 2 rings (SSSR count). The lowest BCUT2D eigenvalue weighted by Gasteiger charge is -2.20. The third kappa shape index (κ3) is 3.73. The first-order chi connectivity index (χ1) is 9.60. The van der Waals surface area contributed by atoms with Crippen LogP contribution in [0, 0.1) is 0 Å². The molecule has 0 fully saturated rings. The molecule has 2 unspecified atom stereocenters. The van der Waals surface area contributed by atoms with Gasteiger partial charge in [0.05, 0.1) is 0 Å². The summed E-state index contributed by atoms with van der Waals surface area (Å²) in [5, 5.41) is 15.7. The summed E-state index contributed by atoms with van der Waals surface area (Å²) in [5.74, 6) is -0.753. The van der Waals surface area contributed by atoms with Crippen molar-refractivity contribution in [2.75, 3.05) is 11.9 Å². The van der Waals surface area contributed by atoms with Crippen molar-refractivity contribution in [2.45, 2.75) is 51.6 Å². The molecule has 0 amide bonds.